The Hall–Kier alpha value is -0.275. The standard InChI is InChI=1S/C15H25BO2/c1-14(2)15(3,4)18-16(17-14)10-13-8-11-5-6-12(7-11)9-13/h10-12H,5-9H2,1-4H3. The van der Waals surface area contributed by atoms with Gasteiger partial charge in [0.05, 0.1) is 11.2 Å². The predicted octanol–water partition coefficient (Wildman–Crippen LogP) is 3.75. The van der Waals surface area contributed by atoms with Gasteiger partial charge in [0.25, 0.3) is 0 Å². The van der Waals surface area contributed by atoms with Crippen molar-refractivity contribution in [3.63, 3.8) is 0 Å². The van der Waals surface area contributed by atoms with Crippen LogP contribution in [0.4, 0.5) is 0 Å². The van der Waals surface area contributed by atoms with Gasteiger partial charge in [-0.05, 0) is 71.6 Å². The summed E-state index contributed by atoms with van der Waals surface area (Å²) in [5.74, 6) is 4.15. The molecule has 0 spiro atoms. The van der Waals surface area contributed by atoms with Crippen molar-refractivity contribution in [1.82, 2.24) is 0 Å². The molecule has 0 aromatic rings. The zero-order chi connectivity index (χ0) is 13.0. The lowest BCUT2D eigenvalue weighted by Crippen LogP contribution is -2.41. The van der Waals surface area contributed by atoms with Crippen molar-refractivity contribution in [2.45, 2.75) is 71.0 Å². The van der Waals surface area contributed by atoms with Crippen molar-refractivity contribution < 1.29 is 9.31 Å². The quantitative estimate of drug-likeness (QED) is 0.658. The summed E-state index contributed by atoms with van der Waals surface area (Å²) in [6, 6.07) is 0. The van der Waals surface area contributed by atoms with E-state index >= 15 is 0 Å². The summed E-state index contributed by atoms with van der Waals surface area (Å²) in [4.78, 5) is 0. The van der Waals surface area contributed by atoms with Crippen LogP contribution in [0.25, 0.3) is 0 Å². The van der Waals surface area contributed by atoms with E-state index in [1.165, 1.54) is 32.1 Å². The molecule has 0 radical (unpaired) electrons. The molecule has 3 fully saturated rings. The van der Waals surface area contributed by atoms with E-state index in [4.69, 9.17) is 9.31 Å². The van der Waals surface area contributed by atoms with Gasteiger partial charge in [-0.25, -0.2) is 0 Å². The molecule has 2 unspecified atom stereocenters. The molecule has 0 aromatic carbocycles. The SMILES string of the molecule is CC1(C)OB(C=C2CC3CCC(C2)C3)OC1(C)C. The van der Waals surface area contributed by atoms with E-state index < -0.39 is 0 Å². The van der Waals surface area contributed by atoms with Crippen LogP contribution in [-0.4, -0.2) is 18.3 Å². The van der Waals surface area contributed by atoms with Crippen LogP contribution in [0.2, 0.25) is 0 Å². The van der Waals surface area contributed by atoms with Gasteiger partial charge in [0.1, 0.15) is 0 Å². The summed E-state index contributed by atoms with van der Waals surface area (Å²) in [7, 11) is -0.137. The summed E-state index contributed by atoms with van der Waals surface area (Å²) in [5.41, 5.74) is 1.16. The van der Waals surface area contributed by atoms with Crippen molar-refractivity contribution in [3.8, 4) is 0 Å². The van der Waals surface area contributed by atoms with E-state index in [1.54, 1.807) is 5.57 Å². The van der Waals surface area contributed by atoms with Gasteiger partial charge in [-0.15, -0.1) is 0 Å². The van der Waals surface area contributed by atoms with Crippen LogP contribution >= 0.6 is 0 Å². The third-order valence-corrected chi connectivity index (χ3v) is 5.39. The summed E-state index contributed by atoms with van der Waals surface area (Å²) in [6.45, 7) is 8.48. The smallest absolute Gasteiger partial charge is 0.400 e. The zero-order valence-corrected chi connectivity index (χ0v) is 12.2. The topological polar surface area (TPSA) is 18.5 Å². The zero-order valence-electron chi connectivity index (χ0n) is 12.2. The van der Waals surface area contributed by atoms with Crippen LogP contribution in [0.5, 0.6) is 0 Å². The largest absolute Gasteiger partial charge is 0.487 e. The Morgan fingerprint density at radius 3 is 2.00 bits per heavy atom. The first kappa shape index (κ1) is 12.7. The summed E-state index contributed by atoms with van der Waals surface area (Å²) < 4.78 is 12.1. The first-order chi connectivity index (χ1) is 8.36. The number of rotatable bonds is 1. The fourth-order valence-electron chi connectivity index (χ4n) is 3.66. The van der Waals surface area contributed by atoms with E-state index in [0.717, 1.165) is 11.8 Å². The second-order valence-electron chi connectivity index (χ2n) is 7.40. The van der Waals surface area contributed by atoms with E-state index in [2.05, 4.69) is 33.7 Å². The molecule has 2 aliphatic carbocycles. The summed E-state index contributed by atoms with van der Waals surface area (Å²) >= 11 is 0. The van der Waals surface area contributed by atoms with Crippen molar-refractivity contribution in [1.29, 1.82) is 0 Å². The second kappa shape index (κ2) is 4.11. The Bertz CT molecular complexity index is 343. The van der Waals surface area contributed by atoms with Gasteiger partial charge in [0, 0.05) is 0 Å². The Labute approximate surface area is 111 Å². The molecule has 1 heterocycles. The van der Waals surface area contributed by atoms with E-state index in [-0.39, 0.29) is 18.3 Å². The van der Waals surface area contributed by atoms with Crippen LogP contribution in [0.15, 0.2) is 11.5 Å². The monoisotopic (exact) mass is 248 g/mol. The van der Waals surface area contributed by atoms with Crippen LogP contribution < -0.4 is 0 Å². The Balaban J connectivity index is 1.71. The maximum Gasteiger partial charge on any atom is 0.487 e. The lowest BCUT2D eigenvalue weighted by molar-refractivity contribution is 0.00578. The van der Waals surface area contributed by atoms with Gasteiger partial charge >= 0.3 is 7.12 Å². The highest BCUT2D eigenvalue weighted by molar-refractivity contribution is 6.51. The van der Waals surface area contributed by atoms with Crippen LogP contribution in [0, 0.1) is 11.8 Å². The first-order valence-electron chi connectivity index (χ1n) is 7.41. The molecule has 0 N–H and O–H groups in total. The molecule has 0 aromatic heterocycles. The molecule has 1 saturated heterocycles. The molecule has 2 atom stereocenters. The number of hydrogen-bond acceptors (Lipinski definition) is 2. The molecule has 3 aliphatic rings. The molecular weight excluding hydrogens is 223 g/mol. The van der Waals surface area contributed by atoms with Gasteiger partial charge in [0.2, 0.25) is 0 Å². The normalized spacial score (nSPS) is 37.1. The third-order valence-electron chi connectivity index (χ3n) is 5.39. The maximum absolute atomic E-state index is 6.06. The molecular formula is C15H25BO2. The van der Waals surface area contributed by atoms with Gasteiger partial charge in [-0.3, -0.25) is 0 Å². The minimum absolute atomic E-state index is 0.137. The molecule has 3 heteroatoms. The Morgan fingerprint density at radius 2 is 1.50 bits per heavy atom. The lowest BCUT2D eigenvalue weighted by Gasteiger charge is -2.32. The minimum atomic E-state index is -0.206. The average Bonchev–Trinajstić information content (AvgIpc) is 2.65. The highest BCUT2D eigenvalue weighted by atomic mass is 16.7. The molecule has 2 saturated carbocycles. The van der Waals surface area contributed by atoms with E-state index in [0.29, 0.717) is 0 Å². The Morgan fingerprint density at radius 1 is 1.00 bits per heavy atom. The lowest BCUT2D eigenvalue weighted by atomic mass is 9.78. The van der Waals surface area contributed by atoms with Crippen molar-refractivity contribution in [2.24, 2.45) is 11.8 Å². The number of allylic oxidation sites excluding steroid dienone is 1. The molecule has 1 aliphatic heterocycles. The van der Waals surface area contributed by atoms with Crippen LogP contribution in [0.1, 0.15) is 59.8 Å². The molecule has 2 bridgehead atoms. The number of fused-ring (bicyclic) bond motifs is 2. The number of hydrogen-bond donors (Lipinski definition) is 0. The second-order valence-corrected chi connectivity index (χ2v) is 7.40. The highest BCUT2D eigenvalue weighted by Crippen LogP contribution is 2.45. The van der Waals surface area contributed by atoms with Crippen LogP contribution in [-0.2, 0) is 9.31 Å². The first-order valence-corrected chi connectivity index (χ1v) is 7.41. The highest BCUT2D eigenvalue weighted by Gasteiger charge is 2.50. The van der Waals surface area contributed by atoms with Crippen molar-refractivity contribution >= 4 is 7.12 Å². The van der Waals surface area contributed by atoms with E-state index in [9.17, 15) is 0 Å². The summed E-state index contributed by atoms with van der Waals surface area (Å²) in [6.07, 6.45) is 6.89. The fraction of sp³-hybridized carbons (Fsp3) is 0.867. The Kier molecular flexibility index (Phi) is 2.91. The van der Waals surface area contributed by atoms with Crippen molar-refractivity contribution in [2.75, 3.05) is 0 Å². The van der Waals surface area contributed by atoms with Gasteiger partial charge < -0.3 is 9.31 Å². The van der Waals surface area contributed by atoms with Crippen molar-refractivity contribution in [3.05, 3.63) is 11.5 Å². The van der Waals surface area contributed by atoms with Gasteiger partial charge in [0.15, 0.2) is 0 Å². The molecule has 2 nitrogen and oxygen atoms in total. The van der Waals surface area contributed by atoms with Gasteiger partial charge in [-0.2, -0.15) is 0 Å². The molecule has 18 heavy (non-hydrogen) atoms. The van der Waals surface area contributed by atoms with E-state index in [1.807, 2.05) is 0 Å². The molecule has 0 amide bonds. The average molecular weight is 248 g/mol. The van der Waals surface area contributed by atoms with Crippen LogP contribution in [0.3, 0.4) is 0 Å². The maximum atomic E-state index is 6.06. The fourth-order valence-corrected chi connectivity index (χ4v) is 3.66. The molecule has 3 rings (SSSR count). The van der Waals surface area contributed by atoms with Gasteiger partial charge in [-0.1, -0.05) is 11.5 Å². The molecule has 100 valence electrons. The predicted molar refractivity (Wildman–Crippen MR) is 74.2 cm³/mol. The summed E-state index contributed by atoms with van der Waals surface area (Å²) in [5, 5.41) is 0. The minimum Gasteiger partial charge on any atom is -0.400 e. The third kappa shape index (κ3) is 2.16.